The zero-order valence-corrected chi connectivity index (χ0v) is 29.5. The van der Waals surface area contributed by atoms with E-state index in [1.165, 1.54) is 11.3 Å². The number of amides is 3. The lowest BCUT2D eigenvalue weighted by molar-refractivity contribution is -0.132. The Morgan fingerprint density at radius 2 is 1.80 bits per heavy atom. The van der Waals surface area contributed by atoms with E-state index in [2.05, 4.69) is 53.9 Å². The summed E-state index contributed by atoms with van der Waals surface area (Å²) in [6, 6.07) is 8.68. The summed E-state index contributed by atoms with van der Waals surface area (Å²) >= 11 is 1.43. The van der Waals surface area contributed by atoms with Crippen molar-refractivity contribution in [2.45, 2.75) is 118 Å². The molecule has 1 aromatic heterocycles. The van der Waals surface area contributed by atoms with Crippen molar-refractivity contribution in [1.82, 2.24) is 26.3 Å². The maximum absolute atomic E-state index is 13.6. The Kier molecular flexibility index (Phi) is 14.4. The minimum absolute atomic E-state index is 0.0198. The van der Waals surface area contributed by atoms with Crippen molar-refractivity contribution in [3.63, 3.8) is 0 Å². The fourth-order valence-corrected chi connectivity index (χ4v) is 6.76. The minimum atomic E-state index is -0.619. The number of aldehydes is 1. The predicted molar refractivity (Wildman–Crippen MR) is 185 cm³/mol. The highest BCUT2D eigenvalue weighted by molar-refractivity contribution is 7.09. The van der Waals surface area contributed by atoms with Crippen LogP contribution in [0.1, 0.15) is 102 Å². The molecule has 0 bridgehead atoms. The molecule has 3 rings (SSSR count). The van der Waals surface area contributed by atoms with Gasteiger partial charge in [0, 0.05) is 29.8 Å². The number of thiazole rings is 1. The fraction of sp³-hybridized carbons (Fsp3) is 0.639. The second-order valence-corrected chi connectivity index (χ2v) is 15.2. The van der Waals surface area contributed by atoms with Gasteiger partial charge in [0.25, 0.3) is 5.91 Å². The molecular formula is C36H55N5O4S. The van der Waals surface area contributed by atoms with E-state index < -0.39 is 6.04 Å². The summed E-state index contributed by atoms with van der Waals surface area (Å²) < 4.78 is 0. The SMILES string of the molecule is CCC(C)C(NC(=O)C1CC(C)(C)CCN1)C(=O)NC(CCc1nc(C(=O)NC(Cc2ccccc2)CC(C)C=O)cs1)C(C)C. The summed E-state index contributed by atoms with van der Waals surface area (Å²) in [4.78, 5) is 56.0. The molecule has 6 atom stereocenters. The molecule has 1 aromatic carbocycles. The van der Waals surface area contributed by atoms with Crippen molar-refractivity contribution >= 4 is 35.3 Å². The molecule has 2 aromatic rings. The smallest absolute Gasteiger partial charge is 0.270 e. The highest BCUT2D eigenvalue weighted by atomic mass is 32.1. The topological polar surface area (TPSA) is 129 Å². The second-order valence-electron chi connectivity index (χ2n) is 14.2. The van der Waals surface area contributed by atoms with Crippen LogP contribution in [0.25, 0.3) is 0 Å². The largest absolute Gasteiger partial charge is 0.351 e. The van der Waals surface area contributed by atoms with Gasteiger partial charge in [0.05, 0.1) is 11.0 Å². The van der Waals surface area contributed by atoms with Crippen LogP contribution in [0.15, 0.2) is 35.7 Å². The van der Waals surface area contributed by atoms with Crippen LogP contribution in [-0.2, 0) is 27.2 Å². The first kappa shape index (κ1) is 37.3. The van der Waals surface area contributed by atoms with Gasteiger partial charge >= 0.3 is 0 Å². The van der Waals surface area contributed by atoms with E-state index in [0.29, 0.717) is 31.4 Å². The van der Waals surface area contributed by atoms with Gasteiger partial charge in [-0.05, 0) is 61.5 Å². The van der Waals surface area contributed by atoms with E-state index in [1.807, 2.05) is 51.1 Å². The Labute approximate surface area is 279 Å². The first-order valence-corrected chi connectivity index (χ1v) is 17.8. The fourth-order valence-electron chi connectivity index (χ4n) is 5.96. The molecule has 3 amide bonds. The monoisotopic (exact) mass is 653 g/mol. The molecule has 0 spiro atoms. The summed E-state index contributed by atoms with van der Waals surface area (Å²) in [7, 11) is 0. The van der Waals surface area contributed by atoms with E-state index in [0.717, 1.165) is 42.7 Å². The third-order valence-corrected chi connectivity index (χ3v) is 10.1. The number of nitrogens with one attached hydrogen (secondary N) is 4. The van der Waals surface area contributed by atoms with Crippen LogP contribution in [0.3, 0.4) is 0 Å². The summed E-state index contributed by atoms with van der Waals surface area (Å²) in [6.07, 6.45) is 5.88. The average molecular weight is 654 g/mol. The van der Waals surface area contributed by atoms with Gasteiger partial charge in [-0.15, -0.1) is 11.3 Å². The molecule has 2 heterocycles. The number of hydrogen-bond acceptors (Lipinski definition) is 7. The number of carbonyl (C=O) groups excluding carboxylic acids is 4. The molecule has 6 unspecified atom stereocenters. The molecule has 9 nitrogen and oxygen atoms in total. The maximum atomic E-state index is 13.6. The molecule has 1 aliphatic heterocycles. The van der Waals surface area contributed by atoms with Crippen molar-refractivity contribution in [2.75, 3.05) is 6.54 Å². The standard InChI is InChI=1S/C36H55N5O4S/c1-8-25(5)32(41-33(43)29-20-36(6,7)16-17-37-29)35(45)40-28(23(2)3)14-15-31-39-30(22-46-31)34(44)38-27(18-24(4)21-42)19-26-12-10-9-11-13-26/h9-13,21-25,27-29,32,37H,8,14-20H2,1-7H3,(H,38,44)(H,40,45)(H,41,43). The molecule has 4 N–H and O–H groups in total. The molecule has 1 fully saturated rings. The summed E-state index contributed by atoms with van der Waals surface area (Å²) in [5, 5.41) is 15.3. The predicted octanol–water partition coefficient (Wildman–Crippen LogP) is 5.09. The molecule has 1 aliphatic rings. The lowest BCUT2D eigenvalue weighted by Gasteiger charge is -2.36. The number of piperidine rings is 1. The molecule has 46 heavy (non-hydrogen) atoms. The normalized spacial score (nSPS) is 19.3. The van der Waals surface area contributed by atoms with Gasteiger partial charge < -0.3 is 26.1 Å². The Morgan fingerprint density at radius 1 is 1.09 bits per heavy atom. The van der Waals surface area contributed by atoms with Crippen LogP contribution in [0.2, 0.25) is 0 Å². The molecule has 0 radical (unpaired) electrons. The highest BCUT2D eigenvalue weighted by Gasteiger charge is 2.35. The van der Waals surface area contributed by atoms with Crippen molar-refractivity contribution in [3.05, 3.63) is 52.0 Å². The number of aryl methyl sites for hydroxylation is 1. The molecule has 10 heteroatoms. The molecular weight excluding hydrogens is 598 g/mol. The Hall–Kier alpha value is -3.11. The number of aromatic nitrogens is 1. The Balaban J connectivity index is 1.60. The van der Waals surface area contributed by atoms with E-state index in [1.54, 1.807) is 5.38 Å². The number of nitrogens with zero attached hydrogens (tertiary/aromatic N) is 1. The van der Waals surface area contributed by atoms with Crippen LogP contribution in [-0.4, -0.2) is 59.7 Å². The van der Waals surface area contributed by atoms with Gasteiger partial charge in [-0.3, -0.25) is 14.4 Å². The molecule has 0 saturated carbocycles. The summed E-state index contributed by atoms with van der Waals surface area (Å²) in [5.74, 6) is -0.558. The highest BCUT2D eigenvalue weighted by Crippen LogP contribution is 2.29. The average Bonchev–Trinajstić information content (AvgIpc) is 3.50. The summed E-state index contributed by atoms with van der Waals surface area (Å²) in [6.45, 7) is 15.2. The maximum Gasteiger partial charge on any atom is 0.270 e. The van der Waals surface area contributed by atoms with Gasteiger partial charge in [-0.2, -0.15) is 0 Å². The quantitative estimate of drug-likeness (QED) is 0.176. The Bertz CT molecular complexity index is 1280. The van der Waals surface area contributed by atoms with Crippen LogP contribution in [0.5, 0.6) is 0 Å². The molecule has 1 saturated heterocycles. The minimum Gasteiger partial charge on any atom is -0.351 e. The van der Waals surface area contributed by atoms with E-state index in [9.17, 15) is 19.2 Å². The first-order chi connectivity index (χ1) is 21.8. The first-order valence-electron chi connectivity index (χ1n) is 16.9. The number of carbonyl (C=O) groups is 4. The van der Waals surface area contributed by atoms with Gasteiger partial charge in [-0.25, -0.2) is 4.98 Å². The zero-order chi connectivity index (χ0) is 33.9. The molecule has 0 aliphatic carbocycles. The van der Waals surface area contributed by atoms with Crippen molar-refractivity contribution in [1.29, 1.82) is 0 Å². The van der Waals surface area contributed by atoms with Crippen LogP contribution >= 0.6 is 11.3 Å². The van der Waals surface area contributed by atoms with Gasteiger partial charge in [0.2, 0.25) is 11.8 Å². The van der Waals surface area contributed by atoms with Crippen LogP contribution in [0.4, 0.5) is 0 Å². The third kappa shape index (κ3) is 11.6. The van der Waals surface area contributed by atoms with Crippen molar-refractivity contribution < 1.29 is 19.2 Å². The lowest BCUT2D eigenvalue weighted by atomic mass is 9.79. The van der Waals surface area contributed by atoms with Gasteiger partial charge in [0.15, 0.2) is 0 Å². The number of rotatable bonds is 17. The number of benzene rings is 1. The van der Waals surface area contributed by atoms with Crippen molar-refractivity contribution in [2.24, 2.45) is 23.2 Å². The zero-order valence-electron chi connectivity index (χ0n) is 28.7. The second kappa shape index (κ2) is 17.7. The van der Waals surface area contributed by atoms with Crippen molar-refractivity contribution in [3.8, 4) is 0 Å². The van der Waals surface area contributed by atoms with Crippen LogP contribution in [0, 0.1) is 23.2 Å². The Morgan fingerprint density at radius 3 is 2.43 bits per heavy atom. The van der Waals surface area contributed by atoms with E-state index in [-0.39, 0.29) is 59.0 Å². The summed E-state index contributed by atoms with van der Waals surface area (Å²) in [5.41, 5.74) is 1.54. The van der Waals surface area contributed by atoms with E-state index >= 15 is 0 Å². The number of hydrogen-bond donors (Lipinski definition) is 4. The molecule has 254 valence electrons. The van der Waals surface area contributed by atoms with Gasteiger partial charge in [-0.1, -0.05) is 85.2 Å². The van der Waals surface area contributed by atoms with E-state index in [4.69, 9.17) is 0 Å². The van der Waals surface area contributed by atoms with Crippen LogP contribution < -0.4 is 21.3 Å². The van der Waals surface area contributed by atoms with Gasteiger partial charge in [0.1, 0.15) is 18.0 Å². The third-order valence-electron chi connectivity index (χ3n) is 9.19. The lowest BCUT2D eigenvalue weighted by Crippen LogP contribution is -2.58.